The molecule has 1 aromatic heterocycles. The summed E-state index contributed by atoms with van der Waals surface area (Å²) in [6.07, 6.45) is 2.18. The fourth-order valence-electron chi connectivity index (χ4n) is 1.84. The summed E-state index contributed by atoms with van der Waals surface area (Å²) in [5.74, 6) is -0.289. The third-order valence-corrected chi connectivity index (χ3v) is 3.10. The van der Waals surface area contributed by atoms with Crippen molar-refractivity contribution < 1.29 is 9.13 Å². The van der Waals surface area contributed by atoms with Crippen molar-refractivity contribution in [2.45, 2.75) is 13.3 Å². The zero-order valence-corrected chi connectivity index (χ0v) is 12.6. The predicted octanol–water partition coefficient (Wildman–Crippen LogP) is 2.39. The minimum atomic E-state index is -0.421. The first kappa shape index (κ1) is 15.2. The lowest BCUT2D eigenvalue weighted by atomic mass is 10.1. The van der Waals surface area contributed by atoms with Gasteiger partial charge in [-0.2, -0.15) is 5.10 Å². The summed E-state index contributed by atoms with van der Waals surface area (Å²) in [5, 5.41) is 4.22. The number of allylic oxidation sites excluding steroid dienone is 2. The largest absolute Gasteiger partial charge is 0.488 e. The van der Waals surface area contributed by atoms with Gasteiger partial charge in [-0.25, -0.2) is 4.39 Å². The maximum Gasteiger partial charge on any atom is 0.177 e. The number of rotatable bonds is 2. The van der Waals surface area contributed by atoms with Gasteiger partial charge in [0.2, 0.25) is 0 Å². The van der Waals surface area contributed by atoms with Gasteiger partial charge in [0.25, 0.3) is 0 Å². The van der Waals surface area contributed by atoms with Crippen molar-refractivity contribution in [2.24, 2.45) is 10.1 Å². The summed E-state index contributed by atoms with van der Waals surface area (Å²) >= 11 is 5.21. The molecule has 1 aliphatic rings. The molecule has 0 aliphatic carbocycles. The second kappa shape index (κ2) is 7.03. The average molecular weight is 306 g/mol. The molecule has 0 bridgehead atoms. The molecule has 0 atom stereocenters. The molecule has 0 aromatic carbocycles. The first-order valence-electron chi connectivity index (χ1n) is 6.38. The van der Waals surface area contributed by atoms with Gasteiger partial charge in [-0.1, -0.05) is 18.3 Å². The fraction of sp³-hybridized carbons (Fsp3) is 0.286. The lowest BCUT2D eigenvalue weighted by Gasteiger charge is -2.20. The molecule has 0 saturated carbocycles. The topological polar surface area (TPSA) is 58.9 Å². The first-order valence-corrected chi connectivity index (χ1v) is 6.79. The zero-order valence-electron chi connectivity index (χ0n) is 11.8. The lowest BCUT2D eigenvalue weighted by Crippen LogP contribution is -2.30. The van der Waals surface area contributed by atoms with Gasteiger partial charge >= 0.3 is 0 Å². The molecule has 1 fully saturated rings. The van der Waals surface area contributed by atoms with Crippen LogP contribution in [0.15, 0.2) is 46.1 Å². The van der Waals surface area contributed by atoms with Crippen molar-refractivity contribution in [1.29, 1.82) is 0 Å². The van der Waals surface area contributed by atoms with Crippen LogP contribution in [-0.2, 0) is 4.74 Å². The van der Waals surface area contributed by atoms with E-state index in [1.165, 1.54) is 6.92 Å². The summed E-state index contributed by atoms with van der Waals surface area (Å²) in [7, 11) is 1.57. The summed E-state index contributed by atoms with van der Waals surface area (Å²) < 4.78 is 18.7. The Kier molecular flexibility index (Phi) is 5.10. The van der Waals surface area contributed by atoms with E-state index in [0.29, 0.717) is 35.1 Å². The molecule has 0 radical (unpaired) electrons. The van der Waals surface area contributed by atoms with E-state index in [-0.39, 0.29) is 5.76 Å². The number of hydrazone groups is 1. The van der Waals surface area contributed by atoms with Gasteiger partial charge in [-0.05, 0) is 19.1 Å². The highest BCUT2D eigenvalue weighted by Crippen LogP contribution is 2.17. The van der Waals surface area contributed by atoms with Crippen LogP contribution < -0.4 is 5.43 Å². The monoisotopic (exact) mass is 306 g/mol. The number of nitrogens with one attached hydrogen (secondary N) is 1. The highest BCUT2D eigenvalue weighted by atomic mass is 32.1. The van der Waals surface area contributed by atoms with E-state index in [0.717, 1.165) is 0 Å². The molecular formula is C14H15FN4OS. The number of nitrogens with zero attached hydrogens (tertiary/aromatic N) is 3. The zero-order chi connectivity index (χ0) is 15.2. The smallest absolute Gasteiger partial charge is 0.177 e. The Morgan fingerprint density at radius 1 is 1.48 bits per heavy atom. The van der Waals surface area contributed by atoms with Crippen molar-refractivity contribution >= 4 is 28.6 Å². The van der Waals surface area contributed by atoms with Crippen molar-refractivity contribution in [3.05, 3.63) is 41.7 Å². The maximum absolute atomic E-state index is 13.4. The van der Waals surface area contributed by atoms with Gasteiger partial charge < -0.3 is 4.74 Å². The summed E-state index contributed by atoms with van der Waals surface area (Å²) in [5.41, 5.74) is 4.40. The average Bonchev–Trinajstić information content (AvgIpc) is 2.52. The molecule has 5 nitrogen and oxygen atoms in total. The van der Waals surface area contributed by atoms with Crippen LogP contribution in [0.5, 0.6) is 0 Å². The molecular weight excluding hydrogens is 291 g/mol. The van der Waals surface area contributed by atoms with Crippen molar-refractivity contribution in [2.75, 3.05) is 13.7 Å². The molecule has 1 N–H and O–H groups in total. The number of aromatic nitrogens is 1. The van der Waals surface area contributed by atoms with Gasteiger partial charge in [0, 0.05) is 19.7 Å². The first-order chi connectivity index (χ1) is 10.1. The molecule has 2 rings (SSSR count). The third kappa shape index (κ3) is 3.69. The minimum Gasteiger partial charge on any atom is -0.488 e. The molecule has 21 heavy (non-hydrogen) atoms. The van der Waals surface area contributed by atoms with E-state index >= 15 is 0 Å². The number of hydrogen-bond acceptors (Lipinski definition) is 5. The Bertz CT molecular complexity index is 621. The molecule has 1 aromatic rings. The quantitative estimate of drug-likeness (QED) is 0.673. The summed E-state index contributed by atoms with van der Waals surface area (Å²) in [4.78, 5) is 8.57. The number of hydrogen-bond donors (Lipinski definition) is 1. The standard InChI is InChI=1S/C14H15FN4OS/c1-9(15)13-12(16-2)10(6-8-20-13)18-19-14(21)11-5-3-4-7-17-11/h3-5,7H,6,8H2,1-2H3,(H,19,21)/b13-9-,16-12-,18-10-. The van der Waals surface area contributed by atoms with Crippen molar-refractivity contribution in [3.8, 4) is 0 Å². The van der Waals surface area contributed by atoms with Crippen LogP contribution in [0.1, 0.15) is 19.0 Å². The molecule has 0 amide bonds. The van der Waals surface area contributed by atoms with Gasteiger partial charge in [0.1, 0.15) is 16.5 Å². The SMILES string of the molecule is C/N=C1C(=N\NC(=S)c2ccccn2)/CCOC/1=C(/C)F. The van der Waals surface area contributed by atoms with E-state index < -0.39 is 5.83 Å². The van der Waals surface area contributed by atoms with Crippen LogP contribution in [0.25, 0.3) is 0 Å². The lowest BCUT2D eigenvalue weighted by molar-refractivity contribution is 0.224. The molecule has 0 spiro atoms. The van der Waals surface area contributed by atoms with Gasteiger partial charge in [-0.3, -0.25) is 15.4 Å². The Morgan fingerprint density at radius 3 is 2.90 bits per heavy atom. The van der Waals surface area contributed by atoms with E-state index in [2.05, 4.69) is 20.5 Å². The summed E-state index contributed by atoms with van der Waals surface area (Å²) in [6.45, 7) is 1.68. The third-order valence-electron chi connectivity index (χ3n) is 2.80. The van der Waals surface area contributed by atoms with Crippen LogP contribution in [0.2, 0.25) is 0 Å². The van der Waals surface area contributed by atoms with E-state index in [1.807, 2.05) is 6.07 Å². The highest BCUT2D eigenvalue weighted by molar-refractivity contribution is 7.80. The van der Waals surface area contributed by atoms with Gasteiger partial charge in [-0.15, -0.1) is 0 Å². The maximum atomic E-state index is 13.4. The number of thiocarbonyl (C=S) groups is 1. The number of pyridine rings is 1. The summed E-state index contributed by atoms with van der Waals surface area (Å²) in [6, 6.07) is 5.43. The highest BCUT2D eigenvalue weighted by Gasteiger charge is 2.23. The molecule has 2 heterocycles. The second-order valence-corrected chi connectivity index (χ2v) is 4.66. The Hall–Kier alpha value is -2.15. The minimum absolute atomic E-state index is 0.132. The van der Waals surface area contributed by atoms with Gasteiger partial charge in [0.15, 0.2) is 5.76 Å². The van der Waals surface area contributed by atoms with Crippen LogP contribution in [0.3, 0.4) is 0 Å². The van der Waals surface area contributed by atoms with Crippen LogP contribution >= 0.6 is 12.2 Å². The van der Waals surface area contributed by atoms with Crippen LogP contribution in [0.4, 0.5) is 4.39 Å². The van der Waals surface area contributed by atoms with Gasteiger partial charge in [0.05, 0.1) is 18.0 Å². The number of ether oxygens (including phenoxy) is 1. The van der Waals surface area contributed by atoms with Crippen molar-refractivity contribution in [3.63, 3.8) is 0 Å². The molecule has 0 unspecified atom stereocenters. The van der Waals surface area contributed by atoms with Crippen LogP contribution in [0, 0.1) is 0 Å². The van der Waals surface area contributed by atoms with Crippen molar-refractivity contribution in [1.82, 2.24) is 10.4 Å². The molecule has 7 heteroatoms. The fourth-order valence-corrected chi connectivity index (χ4v) is 2.01. The molecule has 110 valence electrons. The van der Waals surface area contributed by atoms with E-state index in [1.54, 1.807) is 25.4 Å². The second-order valence-electron chi connectivity index (χ2n) is 4.25. The predicted molar refractivity (Wildman–Crippen MR) is 84.2 cm³/mol. The Balaban J connectivity index is 2.17. The Labute approximate surface area is 127 Å². The number of halogens is 1. The van der Waals surface area contributed by atoms with E-state index in [4.69, 9.17) is 17.0 Å². The normalized spacial score (nSPS) is 21.1. The van der Waals surface area contributed by atoms with Crippen LogP contribution in [-0.4, -0.2) is 35.1 Å². The Morgan fingerprint density at radius 2 is 2.29 bits per heavy atom. The van der Waals surface area contributed by atoms with E-state index in [9.17, 15) is 4.39 Å². The molecule has 1 saturated heterocycles. The molecule has 1 aliphatic heterocycles. The number of aliphatic imine (C=N–C) groups is 1.